The first kappa shape index (κ1) is 12.8. The summed E-state index contributed by atoms with van der Waals surface area (Å²) in [6.45, 7) is 0. The molecule has 104 valence electrons. The number of carbonyl (C=O) groups is 1. The van der Waals surface area contributed by atoms with Crippen molar-refractivity contribution in [3.05, 3.63) is 41.7 Å². The van der Waals surface area contributed by atoms with Crippen LogP contribution in [0.25, 0.3) is 0 Å². The molecule has 0 aliphatic heterocycles. The average Bonchev–Trinajstić information content (AvgIpc) is 2.85. The number of fused-ring (bicyclic) bond motifs is 1. The van der Waals surface area contributed by atoms with Crippen molar-refractivity contribution in [1.82, 2.24) is 14.5 Å². The molecule has 2 aromatic heterocycles. The highest BCUT2D eigenvalue weighted by atomic mass is 16.1. The van der Waals surface area contributed by atoms with Gasteiger partial charge in [0.25, 0.3) is 5.91 Å². The number of carbonyl (C=O) groups excluding carboxylic acids is 1. The summed E-state index contributed by atoms with van der Waals surface area (Å²) in [7, 11) is 1.83. The lowest BCUT2D eigenvalue weighted by atomic mass is 9.92. The number of aryl methyl sites for hydroxylation is 2. The van der Waals surface area contributed by atoms with Crippen molar-refractivity contribution in [3.63, 3.8) is 0 Å². The Hall–Kier alpha value is -2.21. The predicted molar refractivity (Wildman–Crippen MR) is 75.4 cm³/mol. The molecule has 20 heavy (non-hydrogen) atoms. The number of nitrogens with two attached hydrogens (primary N) is 1. The van der Waals surface area contributed by atoms with Gasteiger partial charge in [-0.25, -0.2) is 4.98 Å². The van der Waals surface area contributed by atoms with Crippen LogP contribution in [0.15, 0.2) is 24.8 Å². The largest absolute Gasteiger partial charge is 0.340 e. The van der Waals surface area contributed by atoms with Crippen molar-refractivity contribution >= 4 is 11.6 Å². The smallest absolute Gasteiger partial charge is 0.275 e. The van der Waals surface area contributed by atoms with E-state index in [0.29, 0.717) is 11.4 Å². The standard InChI is InChI=1S/C14H17N5O/c1-19-7-13(17-8-19)14(20)18-11-5-9-4-10(15)2-3-12(9)16-6-11/h5-8,10H,2-4,15H2,1H3,(H,18,20)/t10-/m0/s1. The number of hydrogen-bond donors (Lipinski definition) is 2. The number of anilines is 1. The minimum absolute atomic E-state index is 0.186. The molecule has 0 saturated heterocycles. The molecule has 0 spiro atoms. The molecule has 0 unspecified atom stereocenters. The van der Waals surface area contributed by atoms with Gasteiger partial charge in [-0.15, -0.1) is 0 Å². The van der Waals surface area contributed by atoms with Crippen LogP contribution in [0.5, 0.6) is 0 Å². The molecule has 1 aliphatic carbocycles. The summed E-state index contributed by atoms with van der Waals surface area (Å²) in [5.41, 5.74) is 9.26. The summed E-state index contributed by atoms with van der Waals surface area (Å²) in [5, 5.41) is 2.82. The second-order valence-corrected chi connectivity index (χ2v) is 5.21. The Morgan fingerprint density at radius 2 is 2.35 bits per heavy atom. The van der Waals surface area contributed by atoms with Crippen molar-refractivity contribution in [2.75, 3.05) is 5.32 Å². The molecule has 0 bridgehead atoms. The normalized spacial score (nSPS) is 17.6. The van der Waals surface area contributed by atoms with Crippen LogP contribution in [0.1, 0.15) is 28.2 Å². The molecule has 0 saturated carbocycles. The van der Waals surface area contributed by atoms with Crippen molar-refractivity contribution in [2.45, 2.75) is 25.3 Å². The van der Waals surface area contributed by atoms with Gasteiger partial charge in [-0.05, 0) is 30.9 Å². The number of nitrogens with zero attached hydrogens (tertiary/aromatic N) is 3. The summed E-state index contributed by atoms with van der Waals surface area (Å²) in [5.74, 6) is -0.229. The van der Waals surface area contributed by atoms with E-state index in [0.717, 1.165) is 30.5 Å². The Labute approximate surface area is 117 Å². The molecule has 6 heteroatoms. The Kier molecular flexibility index (Phi) is 3.23. The van der Waals surface area contributed by atoms with E-state index < -0.39 is 0 Å². The fraction of sp³-hybridized carbons (Fsp3) is 0.357. The van der Waals surface area contributed by atoms with Crippen LogP contribution in [-0.2, 0) is 19.9 Å². The highest BCUT2D eigenvalue weighted by Gasteiger charge is 2.17. The van der Waals surface area contributed by atoms with E-state index >= 15 is 0 Å². The maximum absolute atomic E-state index is 12.0. The second kappa shape index (κ2) is 5.05. The molecule has 6 nitrogen and oxygen atoms in total. The minimum atomic E-state index is -0.229. The van der Waals surface area contributed by atoms with Gasteiger partial charge in [-0.2, -0.15) is 0 Å². The van der Waals surface area contributed by atoms with Gasteiger partial charge in [0.2, 0.25) is 0 Å². The number of imidazole rings is 1. The van der Waals surface area contributed by atoms with Gasteiger partial charge >= 0.3 is 0 Å². The van der Waals surface area contributed by atoms with Crippen molar-refractivity contribution < 1.29 is 4.79 Å². The Bertz CT molecular complexity index is 649. The lowest BCUT2D eigenvalue weighted by molar-refractivity contribution is 0.102. The minimum Gasteiger partial charge on any atom is -0.340 e. The van der Waals surface area contributed by atoms with Gasteiger partial charge in [-0.3, -0.25) is 9.78 Å². The zero-order chi connectivity index (χ0) is 14.1. The highest BCUT2D eigenvalue weighted by Crippen LogP contribution is 2.21. The molecule has 1 atom stereocenters. The number of aromatic nitrogens is 3. The molecule has 0 radical (unpaired) electrons. The second-order valence-electron chi connectivity index (χ2n) is 5.21. The van der Waals surface area contributed by atoms with Crippen molar-refractivity contribution in [3.8, 4) is 0 Å². The number of amides is 1. The van der Waals surface area contributed by atoms with E-state index in [9.17, 15) is 4.79 Å². The fourth-order valence-corrected chi connectivity index (χ4v) is 2.44. The molecular weight excluding hydrogens is 254 g/mol. The van der Waals surface area contributed by atoms with Crippen LogP contribution >= 0.6 is 0 Å². The summed E-state index contributed by atoms with van der Waals surface area (Å²) in [4.78, 5) is 20.5. The van der Waals surface area contributed by atoms with Crippen LogP contribution < -0.4 is 11.1 Å². The summed E-state index contributed by atoms with van der Waals surface area (Å²) >= 11 is 0. The molecule has 1 amide bonds. The zero-order valence-corrected chi connectivity index (χ0v) is 11.3. The van der Waals surface area contributed by atoms with Gasteiger partial charge in [0.15, 0.2) is 0 Å². The molecule has 2 aromatic rings. The fourth-order valence-electron chi connectivity index (χ4n) is 2.44. The molecule has 0 fully saturated rings. The average molecular weight is 271 g/mol. The third-order valence-electron chi connectivity index (χ3n) is 3.49. The van der Waals surface area contributed by atoms with E-state index in [1.807, 2.05) is 13.1 Å². The van der Waals surface area contributed by atoms with Gasteiger partial charge in [-0.1, -0.05) is 0 Å². The lowest BCUT2D eigenvalue weighted by Crippen LogP contribution is -2.28. The number of pyridine rings is 1. The Balaban J connectivity index is 1.78. The van der Waals surface area contributed by atoms with Gasteiger partial charge in [0, 0.05) is 25.0 Å². The summed E-state index contributed by atoms with van der Waals surface area (Å²) < 4.78 is 1.74. The van der Waals surface area contributed by atoms with Crippen LogP contribution in [0.2, 0.25) is 0 Å². The number of hydrogen-bond acceptors (Lipinski definition) is 4. The van der Waals surface area contributed by atoms with Gasteiger partial charge in [0.1, 0.15) is 5.69 Å². The van der Waals surface area contributed by atoms with Crippen LogP contribution in [-0.4, -0.2) is 26.5 Å². The topological polar surface area (TPSA) is 85.8 Å². The van der Waals surface area contributed by atoms with Crippen LogP contribution in [0, 0.1) is 0 Å². The maximum Gasteiger partial charge on any atom is 0.275 e. The first-order valence-electron chi connectivity index (χ1n) is 6.64. The molecule has 2 heterocycles. The molecule has 0 aromatic carbocycles. The SMILES string of the molecule is Cn1cnc(C(=O)Nc2cnc3c(c2)C[C@@H](N)CC3)c1. The quantitative estimate of drug-likeness (QED) is 0.849. The monoisotopic (exact) mass is 271 g/mol. The van der Waals surface area contributed by atoms with E-state index in [1.165, 1.54) is 0 Å². The summed E-state index contributed by atoms with van der Waals surface area (Å²) in [6.07, 6.45) is 7.66. The number of rotatable bonds is 2. The maximum atomic E-state index is 12.0. The number of nitrogens with one attached hydrogen (secondary N) is 1. The molecule has 1 aliphatic rings. The van der Waals surface area contributed by atoms with Gasteiger partial charge < -0.3 is 15.6 Å². The first-order chi connectivity index (χ1) is 9.61. The summed E-state index contributed by atoms with van der Waals surface area (Å²) in [6, 6.07) is 2.15. The van der Waals surface area contributed by atoms with Crippen molar-refractivity contribution in [2.24, 2.45) is 12.8 Å². The van der Waals surface area contributed by atoms with Crippen LogP contribution in [0.4, 0.5) is 5.69 Å². The third-order valence-corrected chi connectivity index (χ3v) is 3.49. The molecule has 3 N–H and O–H groups in total. The zero-order valence-electron chi connectivity index (χ0n) is 11.3. The third kappa shape index (κ3) is 2.55. The lowest BCUT2D eigenvalue weighted by Gasteiger charge is -2.20. The molecular formula is C14H17N5O. The van der Waals surface area contributed by atoms with E-state index in [-0.39, 0.29) is 11.9 Å². The van der Waals surface area contributed by atoms with Crippen molar-refractivity contribution in [1.29, 1.82) is 0 Å². The van der Waals surface area contributed by atoms with E-state index in [1.54, 1.807) is 23.3 Å². The molecule has 3 rings (SSSR count). The Morgan fingerprint density at radius 1 is 1.50 bits per heavy atom. The highest BCUT2D eigenvalue weighted by molar-refractivity contribution is 6.02. The van der Waals surface area contributed by atoms with Gasteiger partial charge in [0.05, 0.1) is 18.2 Å². The Morgan fingerprint density at radius 3 is 3.10 bits per heavy atom. The predicted octanol–water partition coefficient (Wildman–Crippen LogP) is 0.883. The van der Waals surface area contributed by atoms with Crippen LogP contribution in [0.3, 0.4) is 0 Å². The van der Waals surface area contributed by atoms with E-state index in [2.05, 4.69) is 15.3 Å². The van der Waals surface area contributed by atoms with E-state index in [4.69, 9.17) is 5.73 Å². The first-order valence-corrected chi connectivity index (χ1v) is 6.64.